The van der Waals surface area contributed by atoms with Gasteiger partial charge in [-0.3, -0.25) is 9.59 Å². The van der Waals surface area contributed by atoms with Crippen molar-refractivity contribution in [2.75, 3.05) is 5.32 Å². The third-order valence-corrected chi connectivity index (χ3v) is 3.88. The van der Waals surface area contributed by atoms with Crippen LogP contribution >= 0.6 is 0 Å². The van der Waals surface area contributed by atoms with Gasteiger partial charge < -0.3 is 5.32 Å². The molecule has 1 amide bonds. The van der Waals surface area contributed by atoms with Crippen molar-refractivity contribution >= 4 is 17.5 Å². The molecule has 2 aromatic rings. The summed E-state index contributed by atoms with van der Waals surface area (Å²) in [6, 6.07) is 5.73. The van der Waals surface area contributed by atoms with Crippen LogP contribution in [0.1, 0.15) is 41.5 Å². The van der Waals surface area contributed by atoms with Crippen molar-refractivity contribution in [3.05, 3.63) is 59.3 Å². The molecule has 0 saturated carbocycles. The quantitative estimate of drug-likeness (QED) is 0.839. The van der Waals surface area contributed by atoms with E-state index in [4.69, 9.17) is 0 Å². The zero-order chi connectivity index (χ0) is 17.9. The molecule has 1 N–H and O–H groups in total. The molecule has 4 nitrogen and oxygen atoms in total. The highest BCUT2D eigenvalue weighted by molar-refractivity contribution is 6.04. The number of anilines is 1. The number of rotatable bonds is 5. The average molecular weight is 332 g/mol. The number of carbonyl (C=O) groups is 2. The average Bonchev–Trinajstić information content (AvgIpc) is 2.53. The first-order valence-corrected chi connectivity index (χ1v) is 7.56. The topological polar surface area (TPSA) is 59.1 Å². The Labute approximate surface area is 138 Å². The number of hydrogen-bond acceptors (Lipinski definition) is 3. The van der Waals surface area contributed by atoms with Crippen LogP contribution in [-0.2, 0) is 0 Å². The fourth-order valence-corrected chi connectivity index (χ4v) is 2.04. The van der Waals surface area contributed by atoms with Crippen LogP contribution in [0.2, 0.25) is 0 Å². The van der Waals surface area contributed by atoms with Crippen molar-refractivity contribution in [1.29, 1.82) is 0 Å². The van der Waals surface area contributed by atoms with E-state index in [1.165, 1.54) is 12.3 Å². The molecule has 1 atom stereocenters. The van der Waals surface area contributed by atoms with Crippen LogP contribution in [-0.4, -0.2) is 16.7 Å². The highest BCUT2D eigenvalue weighted by atomic mass is 19.1. The number of nitrogens with zero attached hydrogens (tertiary/aromatic N) is 1. The Hall–Kier alpha value is -2.63. The van der Waals surface area contributed by atoms with Gasteiger partial charge in [-0.15, -0.1) is 0 Å². The van der Waals surface area contributed by atoms with E-state index in [9.17, 15) is 18.4 Å². The van der Waals surface area contributed by atoms with E-state index in [2.05, 4.69) is 10.3 Å². The van der Waals surface area contributed by atoms with Crippen LogP contribution in [0.4, 0.5) is 14.6 Å². The zero-order valence-corrected chi connectivity index (χ0v) is 13.6. The third-order valence-electron chi connectivity index (χ3n) is 3.88. The lowest BCUT2D eigenvalue weighted by molar-refractivity contribution is 0.0899. The Morgan fingerprint density at radius 2 is 1.79 bits per heavy atom. The predicted molar refractivity (Wildman–Crippen MR) is 86.9 cm³/mol. The van der Waals surface area contributed by atoms with E-state index in [1.807, 2.05) is 20.8 Å². The maximum absolute atomic E-state index is 13.6. The fourth-order valence-electron chi connectivity index (χ4n) is 2.04. The van der Waals surface area contributed by atoms with Crippen LogP contribution < -0.4 is 5.32 Å². The molecule has 1 unspecified atom stereocenters. The van der Waals surface area contributed by atoms with Gasteiger partial charge in [0.15, 0.2) is 5.78 Å². The summed E-state index contributed by atoms with van der Waals surface area (Å²) in [5.74, 6) is -2.24. The van der Waals surface area contributed by atoms with Crippen molar-refractivity contribution in [2.45, 2.75) is 20.8 Å². The van der Waals surface area contributed by atoms with Crippen LogP contribution in [0.5, 0.6) is 0 Å². The molecule has 1 aromatic carbocycles. The van der Waals surface area contributed by atoms with E-state index in [0.29, 0.717) is 11.6 Å². The Bertz CT molecular complexity index is 758. The molecule has 0 aliphatic heterocycles. The lowest BCUT2D eigenvalue weighted by atomic mass is 9.90. The van der Waals surface area contributed by atoms with Gasteiger partial charge in [0.2, 0.25) is 0 Å². The second-order valence-electron chi connectivity index (χ2n) is 5.91. The Morgan fingerprint density at radius 3 is 2.33 bits per heavy atom. The summed E-state index contributed by atoms with van der Waals surface area (Å²) in [6.45, 7) is 5.77. The SMILES string of the molecule is CC(C)C(C)C(=O)c1ccc(NC(=O)c2ccc(F)cc2F)nc1. The summed E-state index contributed by atoms with van der Waals surface area (Å²) in [5.41, 5.74) is 0.161. The van der Waals surface area contributed by atoms with Crippen molar-refractivity contribution in [3.8, 4) is 0 Å². The number of amides is 1. The number of hydrogen-bond donors (Lipinski definition) is 1. The number of aromatic nitrogens is 1. The van der Waals surface area contributed by atoms with E-state index in [-0.39, 0.29) is 29.0 Å². The summed E-state index contributed by atoms with van der Waals surface area (Å²) in [6.07, 6.45) is 1.37. The number of pyridine rings is 1. The molecule has 0 aliphatic carbocycles. The lowest BCUT2D eigenvalue weighted by Crippen LogP contribution is -2.18. The maximum atomic E-state index is 13.6. The van der Waals surface area contributed by atoms with Crippen LogP contribution in [0.3, 0.4) is 0 Å². The minimum Gasteiger partial charge on any atom is -0.306 e. The molecule has 6 heteroatoms. The highest BCUT2D eigenvalue weighted by Gasteiger charge is 2.19. The minimum absolute atomic E-state index is 0.0278. The van der Waals surface area contributed by atoms with E-state index < -0.39 is 17.5 Å². The molecule has 1 aromatic heterocycles. The van der Waals surface area contributed by atoms with Crippen molar-refractivity contribution in [2.24, 2.45) is 11.8 Å². The third kappa shape index (κ3) is 4.01. The van der Waals surface area contributed by atoms with Crippen molar-refractivity contribution < 1.29 is 18.4 Å². The molecule has 0 radical (unpaired) electrons. The number of nitrogens with one attached hydrogen (secondary N) is 1. The van der Waals surface area contributed by atoms with Gasteiger partial charge in [-0.1, -0.05) is 20.8 Å². The normalized spacial score (nSPS) is 12.1. The number of halogens is 2. The summed E-state index contributed by atoms with van der Waals surface area (Å²) < 4.78 is 26.4. The zero-order valence-electron chi connectivity index (χ0n) is 13.6. The van der Waals surface area contributed by atoms with Gasteiger partial charge in [0.05, 0.1) is 5.56 Å². The Kier molecular flexibility index (Phi) is 5.39. The molecule has 24 heavy (non-hydrogen) atoms. The Balaban J connectivity index is 2.11. The Morgan fingerprint density at radius 1 is 1.08 bits per heavy atom. The first-order chi connectivity index (χ1) is 11.3. The molecule has 2 rings (SSSR count). The number of Topliss-reactive ketones (excluding diaryl/α,β-unsaturated/α-hetero) is 1. The van der Waals surface area contributed by atoms with Crippen LogP contribution in [0, 0.1) is 23.5 Å². The maximum Gasteiger partial charge on any atom is 0.259 e. The molecule has 1 heterocycles. The van der Waals surface area contributed by atoms with Gasteiger partial charge in [-0.2, -0.15) is 0 Å². The number of benzene rings is 1. The second kappa shape index (κ2) is 7.29. The summed E-state index contributed by atoms with van der Waals surface area (Å²) in [4.78, 5) is 28.2. The molecule has 0 fully saturated rings. The highest BCUT2D eigenvalue weighted by Crippen LogP contribution is 2.18. The number of ketones is 1. The smallest absolute Gasteiger partial charge is 0.259 e. The van der Waals surface area contributed by atoms with Gasteiger partial charge >= 0.3 is 0 Å². The number of carbonyl (C=O) groups excluding carboxylic acids is 2. The molecule has 126 valence electrons. The van der Waals surface area contributed by atoms with Gasteiger partial charge in [-0.05, 0) is 30.2 Å². The first kappa shape index (κ1) is 17.7. The van der Waals surface area contributed by atoms with Crippen LogP contribution in [0.15, 0.2) is 36.5 Å². The summed E-state index contributed by atoms with van der Waals surface area (Å²) in [5, 5.41) is 2.41. The molecular formula is C18H18F2N2O2. The molecule has 0 aliphatic rings. The van der Waals surface area contributed by atoms with Crippen molar-refractivity contribution in [1.82, 2.24) is 4.98 Å². The largest absolute Gasteiger partial charge is 0.306 e. The molecule has 0 saturated heterocycles. The van der Waals surface area contributed by atoms with Gasteiger partial charge in [-0.25, -0.2) is 13.8 Å². The van der Waals surface area contributed by atoms with E-state index in [0.717, 1.165) is 12.1 Å². The van der Waals surface area contributed by atoms with Gasteiger partial charge in [0, 0.05) is 23.7 Å². The first-order valence-electron chi connectivity index (χ1n) is 7.56. The standard InChI is InChI=1S/C18H18F2N2O2/c1-10(2)11(3)17(23)12-4-7-16(21-9-12)22-18(24)14-6-5-13(19)8-15(14)20/h4-11H,1-3H3,(H,21,22,24). The van der Waals surface area contributed by atoms with Gasteiger partial charge in [0.1, 0.15) is 17.5 Å². The fraction of sp³-hybridized carbons (Fsp3) is 0.278. The predicted octanol–water partition coefficient (Wildman–Crippen LogP) is 4.09. The summed E-state index contributed by atoms with van der Waals surface area (Å²) >= 11 is 0. The second-order valence-corrected chi connectivity index (χ2v) is 5.91. The van der Waals surface area contributed by atoms with E-state index >= 15 is 0 Å². The van der Waals surface area contributed by atoms with Gasteiger partial charge in [0.25, 0.3) is 5.91 Å². The molecule has 0 spiro atoms. The van der Waals surface area contributed by atoms with E-state index in [1.54, 1.807) is 6.07 Å². The molecule has 0 bridgehead atoms. The monoisotopic (exact) mass is 332 g/mol. The van der Waals surface area contributed by atoms with Crippen LogP contribution in [0.25, 0.3) is 0 Å². The lowest BCUT2D eigenvalue weighted by Gasteiger charge is -2.14. The molecular weight excluding hydrogens is 314 g/mol. The van der Waals surface area contributed by atoms with Crippen molar-refractivity contribution in [3.63, 3.8) is 0 Å². The summed E-state index contributed by atoms with van der Waals surface area (Å²) in [7, 11) is 0. The minimum atomic E-state index is -0.954.